The van der Waals surface area contributed by atoms with E-state index < -0.39 is 24.8 Å². The van der Waals surface area contributed by atoms with Crippen molar-refractivity contribution in [2.24, 2.45) is 4.40 Å². The summed E-state index contributed by atoms with van der Waals surface area (Å²) in [5, 5.41) is 0. The van der Waals surface area contributed by atoms with Gasteiger partial charge in [0.25, 0.3) is 20.0 Å². The SMILES string of the molecule is Cc1ccc(S(=O)(=O)/N=C2/N(c3ccccc3)S(=O)(=O)C2(C)C)cc1. The minimum absolute atomic E-state index is 0.0146. The van der Waals surface area contributed by atoms with E-state index in [4.69, 9.17) is 0 Å². The number of hydrogen-bond acceptors (Lipinski definition) is 4. The monoisotopic (exact) mass is 378 g/mol. The highest BCUT2D eigenvalue weighted by atomic mass is 32.2. The maximum absolute atomic E-state index is 12.6. The summed E-state index contributed by atoms with van der Waals surface area (Å²) in [6.07, 6.45) is 0. The Balaban J connectivity index is 2.13. The molecule has 0 radical (unpaired) electrons. The van der Waals surface area contributed by atoms with Crippen molar-refractivity contribution in [3.05, 3.63) is 60.2 Å². The van der Waals surface area contributed by atoms with E-state index in [2.05, 4.69) is 4.40 Å². The summed E-state index contributed by atoms with van der Waals surface area (Å²) in [5.41, 5.74) is 1.28. The van der Waals surface area contributed by atoms with Gasteiger partial charge in [-0.05, 0) is 45.0 Å². The van der Waals surface area contributed by atoms with Crippen LogP contribution in [0, 0.1) is 6.92 Å². The normalized spacial score (nSPS) is 20.3. The third-order valence-corrected chi connectivity index (χ3v) is 7.75. The van der Waals surface area contributed by atoms with Crippen molar-refractivity contribution in [3.8, 4) is 0 Å². The summed E-state index contributed by atoms with van der Waals surface area (Å²) >= 11 is 0. The highest BCUT2D eigenvalue weighted by Gasteiger charge is 2.59. The summed E-state index contributed by atoms with van der Waals surface area (Å²) in [6.45, 7) is 4.75. The zero-order valence-electron chi connectivity index (χ0n) is 14.0. The molecule has 25 heavy (non-hydrogen) atoms. The molecule has 0 atom stereocenters. The lowest BCUT2D eigenvalue weighted by molar-refractivity contribution is 0.564. The predicted octanol–water partition coefficient (Wildman–Crippen LogP) is 2.71. The second-order valence-corrected chi connectivity index (χ2v) is 10.3. The van der Waals surface area contributed by atoms with E-state index in [1.54, 1.807) is 42.5 Å². The van der Waals surface area contributed by atoms with Crippen LogP contribution in [0.1, 0.15) is 19.4 Å². The number of amidine groups is 1. The van der Waals surface area contributed by atoms with Crippen LogP contribution < -0.4 is 4.31 Å². The number of sulfonamides is 2. The molecule has 0 N–H and O–H groups in total. The van der Waals surface area contributed by atoms with Gasteiger partial charge >= 0.3 is 0 Å². The van der Waals surface area contributed by atoms with Crippen molar-refractivity contribution >= 4 is 31.6 Å². The van der Waals surface area contributed by atoms with E-state index in [1.807, 2.05) is 6.92 Å². The minimum atomic E-state index is -4.02. The van der Waals surface area contributed by atoms with Gasteiger partial charge in [-0.3, -0.25) is 0 Å². The number of rotatable bonds is 3. The van der Waals surface area contributed by atoms with Gasteiger partial charge in [-0.15, -0.1) is 4.40 Å². The Hall–Kier alpha value is -2.19. The highest BCUT2D eigenvalue weighted by molar-refractivity contribution is 7.99. The maximum atomic E-state index is 12.6. The van der Waals surface area contributed by atoms with Gasteiger partial charge in [-0.2, -0.15) is 8.42 Å². The molecule has 0 aliphatic carbocycles. The van der Waals surface area contributed by atoms with Crippen molar-refractivity contribution < 1.29 is 16.8 Å². The molecule has 132 valence electrons. The fraction of sp³-hybridized carbons (Fsp3) is 0.235. The van der Waals surface area contributed by atoms with E-state index >= 15 is 0 Å². The first kappa shape index (κ1) is 17.6. The first-order chi connectivity index (χ1) is 11.6. The Morgan fingerprint density at radius 1 is 0.960 bits per heavy atom. The van der Waals surface area contributed by atoms with Gasteiger partial charge in [0.2, 0.25) is 0 Å². The van der Waals surface area contributed by atoms with Crippen LogP contribution in [0.2, 0.25) is 0 Å². The number of aryl methyl sites for hydroxylation is 1. The second kappa shape index (κ2) is 5.67. The van der Waals surface area contributed by atoms with Crippen LogP contribution in [-0.4, -0.2) is 27.4 Å². The summed E-state index contributed by atoms with van der Waals surface area (Å²) < 4.78 is 53.9. The van der Waals surface area contributed by atoms with Gasteiger partial charge in [-0.25, -0.2) is 12.7 Å². The molecule has 6 nitrogen and oxygen atoms in total. The van der Waals surface area contributed by atoms with Crippen LogP contribution >= 0.6 is 0 Å². The molecule has 0 saturated carbocycles. The zero-order chi connectivity index (χ0) is 18.5. The second-order valence-electron chi connectivity index (χ2n) is 6.32. The summed E-state index contributed by atoms with van der Waals surface area (Å²) in [7, 11) is -7.74. The summed E-state index contributed by atoms with van der Waals surface area (Å²) in [4.78, 5) is 0.0266. The predicted molar refractivity (Wildman–Crippen MR) is 97.7 cm³/mol. The van der Waals surface area contributed by atoms with Crippen molar-refractivity contribution in [3.63, 3.8) is 0 Å². The van der Waals surface area contributed by atoms with E-state index in [-0.39, 0.29) is 10.7 Å². The standard InChI is InChI=1S/C17H18N2O4S2/c1-13-9-11-15(12-10-13)24(20,21)18-16-17(2,3)25(22,23)19(16)14-7-5-4-6-8-14/h4-12H,1-3H3/b18-16+. The lowest BCUT2D eigenvalue weighted by atomic mass is 10.1. The average Bonchev–Trinajstić information content (AvgIpc) is 2.55. The molecular weight excluding hydrogens is 360 g/mol. The molecule has 1 aliphatic heterocycles. The van der Waals surface area contributed by atoms with Gasteiger partial charge in [0.05, 0.1) is 10.6 Å². The van der Waals surface area contributed by atoms with Crippen LogP contribution in [0.4, 0.5) is 5.69 Å². The van der Waals surface area contributed by atoms with E-state index in [0.717, 1.165) is 9.87 Å². The van der Waals surface area contributed by atoms with Gasteiger partial charge in [-0.1, -0.05) is 35.9 Å². The Morgan fingerprint density at radius 3 is 2.08 bits per heavy atom. The van der Waals surface area contributed by atoms with Crippen LogP contribution in [0.3, 0.4) is 0 Å². The van der Waals surface area contributed by atoms with Crippen molar-refractivity contribution in [2.75, 3.05) is 4.31 Å². The Kier molecular flexibility index (Phi) is 4.00. The van der Waals surface area contributed by atoms with Gasteiger partial charge in [0.1, 0.15) is 4.75 Å². The first-order valence-corrected chi connectivity index (χ1v) is 10.5. The lowest BCUT2D eigenvalue weighted by Crippen LogP contribution is -2.68. The van der Waals surface area contributed by atoms with Crippen molar-refractivity contribution in [1.29, 1.82) is 0 Å². The number of nitrogens with zero attached hydrogens (tertiary/aromatic N) is 2. The number of anilines is 1. The van der Waals surface area contributed by atoms with E-state index in [1.165, 1.54) is 26.0 Å². The topological polar surface area (TPSA) is 83.9 Å². The number of hydrogen-bond donors (Lipinski definition) is 0. The maximum Gasteiger partial charge on any atom is 0.284 e. The molecule has 1 saturated heterocycles. The van der Waals surface area contributed by atoms with Crippen LogP contribution in [-0.2, 0) is 20.0 Å². The molecule has 0 aromatic heterocycles. The average molecular weight is 378 g/mol. The summed E-state index contributed by atoms with van der Waals surface area (Å²) in [6, 6.07) is 14.6. The fourth-order valence-corrected chi connectivity index (χ4v) is 5.33. The fourth-order valence-electron chi connectivity index (χ4n) is 2.51. The van der Waals surface area contributed by atoms with Crippen LogP contribution in [0.15, 0.2) is 63.9 Å². The molecule has 0 spiro atoms. The number of benzene rings is 2. The Morgan fingerprint density at radius 2 is 1.52 bits per heavy atom. The van der Waals surface area contributed by atoms with Crippen molar-refractivity contribution in [2.45, 2.75) is 30.4 Å². The third-order valence-electron chi connectivity index (χ3n) is 4.13. The molecule has 0 unspecified atom stereocenters. The molecule has 1 aliphatic rings. The molecule has 2 aromatic carbocycles. The molecule has 1 heterocycles. The summed E-state index contributed by atoms with van der Waals surface area (Å²) in [5.74, 6) is -0.0146. The molecule has 1 fully saturated rings. The number of para-hydroxylation sites is 1. The van der Waals surface area contributed by atoms with E-state index in [9.17, 15) is 16.8 Å². The van der Waals surface area contributed by atoms with Gasteiger partial charge < -0.3 is 0 Å². The quantitative estimate of drug-likeness (QED) is 0.822. The third kappa shape index (κ3) is 2.75. The molecule has 8 heteroatoms. The highest BCUT2D eigenvalue weighted by Crippen LogP contribution is 2.40. The van der Waals surface area contributed by atoms with Crippen molar-refractivity contribution in [1.82, 2.24) is 0 Å². The van der Waals surface area contributed by atoms with E-state index in [0.29, 0.717) is 5.69 Å². The van der Waals surface area contributed by atoms with Gasteiger partial charge in [0.15, 0.2) is 5.84 Å². The van der Waals surface area contributed by atoms with Crippen LogP contribution in [0.5, 0.6) is 0 Å². The molecule has 0 amide bonds. The molecule has 2 aromatic rings. The zero-order valence-corrected chi connectivity index (χ0v) is 15.7. The Labute approximate surface area is 147 Å². The molecule has 0 bridgehead atoms. The minimum Gasteiger partial charge on any atom is -0.222 e. The lowest BCUT2D eigenvalue weighted by Gasteiger charge is -2.46. The molecule has 3 rings (SSSR count). The Bertz CT molecular complexity index is 1040. The van der Waals surface area contributed by atoms with Gasteiger partial charge in [0, 0.05) is 0 Å². The largest absolute Gasteiger partial charge is 0.284 e. The first-order valence-electron chi connectivity index (χ1n) is 7.59. The van der Waals surface area contributed by atoms with Crippen LogP contribution in [0.25, 0.3) is 0 Å². The smallest absolute Gasteiger partial charge is 0.222 e. The molecular formula is C17H18N2O4S2.